The van der Waals surface area contributed by atoms with Gasteiger partial charge in [0.2, 0.25) is 0 Å². The molecule has 0 aliphatic carbocycles. The van der Waals surface area contributed by atoms with Gasteiger partial charge in [-0.2, -0.15) is 18.3 Å². The van der Waals surface area contributed by atoms with E-state index in [0.717, 1.165) is 23.0 Å². The maximum Gasteiger partial charge on any atom is 0.435 e. The average Bonchev–Trinajstić information content (AvgIpc) is 2.77. The summed E-state index contributed by atoms with van der Waals surface area (Å²) >= 11 is 0. The number of hydrogen-bond acceptors (Lipinski definition) is 2. The summed E-state index contributed by atoms with van der Waals surface area (Å²) in [5.41, 5.74) is -1.14. The van der Waals surface area contributed by atoms with E-state index in [1.165, 1.54) is 19.1 Å². The topological polar surface area (TPSA) is 38.0 Å². The van der Waals surface area contributed by atoms with E-state index in [-0.39, 0.29) is 11.3 Å². The molecular weight excluding hydrogens is 264 g/mol. The molecule has 0 amide bonds. The van der Waals surface area contributed by atoms with E-state index in [2.05, 4.69) is 5.10 Å². The van der Waals surface area contributed by atoms with Gasteiger partial charge in [-0.3, -0.25) is 0 Å². The number of aliphatic hydroxyl groups is 1. The van der Waals surface area contributed by atoms with Gasteiger partial charge in [0.1, 0.15) is 11.5 Å². The van der Waals surface area contributed by atoms with Gasteiger partial charge in [0.25, 0.3) is 0 Å². The molecule has 1 aromatic heterocycles. The molecule has 7 heteroatoms. The van der Waals surface area contributed by atoms with Crippen molar-refractivity contribution in [2.45, 2.75) is 19.2 Å². The van der Waals surface area contributed by atoms with E-state index in [1.807, 2.05) is 0 Å². The van der Waals surface area contributed by atoms with Gasteiger partial charge in [0.05, 0.1) is 6.10 Å². The summed E-state index contributed by atoms with van der Waals surface area (Å²) < 4.78 is 51.9. The van der Waals surface area contributed by atoms with Crippen LogP contribution in [0.3, 0.4) is 0 Å². The molecule has 2 aromatic rings. The lowest BCUT2D eigenvalue weighted by Gasteiger charge is -2.12. The van der Waals surface area contributed by atoms with Crippen molar-refractivity contribution >= 4 is 0 Å². The van der Waals surface area contributed by atoms with Crippen LogP contribution in [0.15, 0.2) is 30.5 Å². The number of aliphatic hydroxyl groups excluding tert-OH is 1. The van der Waals surface area contributed by atoms with Crippen molar-refractivity contribution in [1.29, 1.82) is 0 Å². The van der Waals surface area contributed by atoms with Crippen LogP contribution in [0.4, 0.5) is 17.6 Å². The molecule has 3 nitrogen and oxygen atoms in total. The van der Waals surface area contributed by atoms with Crippen LogP contribution in [-0.4, -0.2) is 14.9 Å². The highest BCUT2D eigenvalue weighted by Crippen LogP contribution is 2.29. The zero-order chi connectivity index (χ0) is 14.2. The predicted octanol–water partition coefficient (Wildman–Crippen LogP) is 3.08. The largest absolute Gasteiger partial charge is 0.435 e. The van der Waals surface area contributed by atoms with Gasteiger partial charge in [-0.25, -0.2) is 9.07 Å². The first kappa shape index (κ1) is 13.5. The van der Waals surface area contributed by atoms with Crippen LogP contribution in [-0.2, 0) is 6.18 Å². The lowest BCUT2D eigenvalue weighted by molar-refractivity contribution is -0.141. The first-order valence-electron chi connectivity index (χ1n) is 5.40. The molecule has 1 N–H and O–H groups in total. The minimum Gasteiger partial charge on any atom is -0.389 e. The normalized spacial score (nSPS) is 13.6. The molecule has 1 heterocycles. The average molecular weight is 274 g/mol. The fraction of sp³-hybridized carbons (Fsp3) is 0.250. The summed E-state index contributed by atoms with van der Waals surface area (Å²) in [6, 6.07) is 4.64. The predicted molar refractivity (Wildman–Crippen MR) is 59.2 cm³/mol. The minimum atomic E-state index is -4.60. The van der Waals surface area contributed by atoms with Gasteiger partial charge >= 0.3 is 6.18 Å². The molecular formula is C12H10F4N2O. The van der Waals surface area contributed by atoms with E-state index in [1.54, 1.807) is 0 Å². The number of halogens is 4. The summed E-state index contributed by atoms with van der Waals surface area (Å²) in [6.45, 7) is 1.40. The number of para-hydroxylation sites is 1. The summed E-state index contributed by atoms with van der Waals surface area (Å²) in [5.74, 6) is -0.754. The van der Waals surface area contributed by atoms with E-state index < -0.39 is 23.8 Å². The lowest BCUT2D eigenvalue weighted by Crippen LogP contribution is -2.10. The summed E-state index contributed by atoms with van der Waals surface area (Å²) in [7, 11) is 0. The lowest BCUT2D eigenvalue weighted by atomic mass is 10.1. The Labute approximate surface area is 106 Å². The van der Waals surface area contributed by atoms with Crippen molar-refractivity contribution in [2.24, 2.45) is 0 Å². The second-order valence-corrected chi connectivity index (χ2v) is 4.00. The summed E-state index contributed by atoms with van der Waals surface area (Å²) in [5, 5.41) is 12.8. The highest BCUT2D eigenvalue weighted by atomic mass is 19.4. The molecule has 0 saturated heterocycles. The molecule has 1 atom stereocenters. The third-order valence-electron chi connectivity index (χ3n) is 2.58. The molecule has 0 aliphatic heterocycles. The molecule has 2 rings (SSSR count). The first-order valence-corrected chi connectivity index (χ1v) is 5.40. The van der Waals surface area contributed by atoms with Crippen LogP contribution in [0.1, 0.15) is 24.3 Å². The van der Waals surface area contributed by atoms with Crippen molar-refractivity contribution < 1.29 is 22.7 Å². The Morgan fingerprint density at radius 3 is 2.47 bits per heavy atom. The van der Waals surface area contributed by atoms with Crippen LogP contribution in [0.5, 0.6) is 0 Å². The van der Waals surface area contributed by atoms with Crippen LogP contribution in [0.25, 0.3) is 5.69 Å². The van der Waals surface area contributed by atoms with Crippen molar-refractivity contribution in [3.05, 3.63) is 47.5 Å². The Balaban J connectivity index is 2.56. The molecule has 0 spiro atoms. The maximum atomic E-state index is 13.7. The van der Waals surface area contributed by atoms with Gasteiger partial charge in [-0.05, 0) is 19.1 Å². The number of aromatic nitrogens is 2. The Bertz CT molecular complexity index is 590. The highest BCUT2D eigenvalue weighted by molar-refractivity contribution is 5.43. The van der Waals surface area contributed by atoms with Gasteiger partial charge in [-0.1, -0.05) is 12.1 Å². The molecule has 0 saturated carbocycles. The van der Waals surface area contributed by atoms with E-state index >= 15 is 0 Å². The molecule has 0 fully saturated rings. The number of alkyl halides is 3. The standard InChI is InChI=1S/C12H10F4N2O/c1-7(19)8-3-2-4-9(13)11(8)18-6-5-10(17-18)12(14,15)16/h2-7,19H,1H3/t7-/m0/s1. The van der Waals surface area contributed by atoms with Crippen molar-refractivity contribution in [1.82, 2.24) is 9.78 Å². The number of nitrogens with zero attached hydrogens (tertiary/aromatic N) is 2. The second kappa shape index (κ2) is 4.65. The minimum absolute atomic E-state index is 0.164. The summed E-state index contributed by atoms with van der Waals surface area (Å²) in [6.07, 6.45) is -4.61. The van der Waals surface area contributed by atoms with Crippen molar-refractivity contribution in [3.63, 3.8) is 0 Å². The smallest absolute Gasteiger partial charge is 0.389 e. The van der Waals surface area contributed by atoms with Gasteiger partial charge in [0, 0.05) is 11.8 Å². The molecule has 102 valence electrons. The molecule has 0 aliphatic rings. The van der Waals surface area contributed by atoms with E-state index in [4.69, 9.17) is 0 Å². The Hall–Kier alpha value is -1.89. The number of hydrogen-bond donors (Lipinski definition) is 1. The SMILES string of the molecule is C[C@H](O)c1cccc(F)c1-n1ccc(C(F)(F)F)n1. The number of benzene rings is 1. The summed E-state index contributed by atoms with van der Waals surface area (Å²) in [4.78, 5) is 0. The number of rotatable bonds is 2. The zero-order valence-electron chi connectivity index (χ0n) is 9.82. The Kier molecular flexibility index (Phi) is 3.32. The van der Waals surface area contributed by atoms with Crippen LogP contribution >= 0.6 is 0 Å². The molecule has 0 unspecified atom stereocenters. The van der Waals surface area contributed by atoms with Gasteiger partial charge < -0.3 is 5.11 Å². The maximum absolute atomic E-state index is 13.7. The highest BCUT2D eigenvalue weighted by Gasteiger charge is 2.34. The quantitative estimate of drug-likeness (QED) is 0.855. The van der Waals surface area contributed by atoms with Crippen molar-refractivity contribution in [2.75, 3.05) is 0 Å². The Morgan fingerprint density at radius 1 is 1.26 bits per heavy atom. The fourth-order valence-electron chi connectivity index (χ4n) is 1.71. The molecule has 19 heavy (non-hydrogen) atoms. The van der Waals surface area contributed by atoms with Crippen LogP contribution in [0, 0.1) is 5.82 Å². The zero-order valence-corrected chi connectivity index (χ0v) is 9.82. The monoisotopic (exact) mass is 274 g/mol. The van der Waals surface area contributed by atoms with Gasteiger partial charge in [-0.15, -0.1) is 0 Å². The van der Waals surface area contributed by atoms with Crippen LogP contribution < -0.4 is 0 Å². The first-order chi connectivity index (χ1) is 8.80. The molecule has 0 bridgehead atoms. The van der Waals surface area contributed by atoms with E-state index in [9.17, 15) is 22.7 Å². The Morgan fingerprint density at radius 2 is 1.95 bits per heavy atom. The van der Waals surface area contributed by atoms with Crippen molar-refractivity contribution in [3.8, 4) is 5.69 Å². The van der Waals surface area contributed by atoms with Crippen LogP contribution in [0.2, 0.25) is 0 Å². The molecule has 0 radical (unpaired) electrons. The second-order valence-electron chi connectivity index (χ2n) is 4.00. The third-order valence-corrected chi connectivity index (χ3v) is 2.58. The third kappa shape index (κ3) is 2.60. The fourth-order valence-corrected chi connectivity index (χ4v) is 1.71. The molecule has 1 aromatic carbocycles. The van der Waals surface area contributed by atoms with Gasteiger partial charge in [0.15, 0.2) is 5.69 Å². The van der Waals surface area contributed by atoms with E-state index in [0.29, 0.717) is 0 Å².